The van der Waals surface area contributed by atoms with E-state index in [4.69, 9.17) is 36.0 Å². The molecule has 6 rings (SSSR count). The number of benzene rings is 2. The maximum absolute atomic E-state index is 13.2. The second-order valence-electron chi connectivity index (χ2n) is 11.7. The third-order valence-electron chi connectivity index (χ3n) is 7.42. The number of carbonyl (C=O) groups excluding carboxylic acids is 1. The number of rotatable bonds is 6. The van der Waals surface area contributed by atoms with Crippen molar-refractivity contribution in [3.8, 4) is 33.0 Å². The molecule has 0 aliphatic carbocycles. The van der Waals surface area contributed by atoms with Gasteiger partial charge < -0.3 is 9.47 Å². The van der Waals surface area contributed by atoms with E-state index in [2.05, 4.69) is 11.2 Å². The Labute approximate surface area is 264 Å². The van der Waals surface area contributed by atoms with Crippen molar-refractivity contribution in [2.24, 2.45) is 7.05 Å². The maximum Gasteiger partial charge on any atom is 0.339 e. The van der Waals surface area contributed by atoms with Crippen molar-refractivity contribution in [2.45, 2.75) is 46.3 Å². The predicted octanol–water partition coefficient (Wildman–Crippen LogP) is 8.27. The SMILES string of the molecule is COC(=O)C(OC(C)(C)C)c1c(C)cc2nc(-c3cnc(C)c(-c4ccc5c(cnn5C)n4)c3)sc2c1-c1ccc(Cl)cc1. The van der Waals surface area contributed by atoms with Crippen molar-refractivity contribution in [3.05, 3.63) is 82.8 Å². The number of ether oxygens (including phenoxy) is 2. The normalized spacial score (nSPS) is 12.6. The second kappa shape index (κ2) is 11.4. The first-order valence-corrected chi connectivity index (χ1v) is 15.3. The van der Waals surface area contributed by atoms with Crippen LogP contribution < -0.4 is 0 Å². The average molecular weight is 626 g/mol. The van der Waals surface area contributed by atoms with E-state index in [9.17, 15) is 4.79 Å². The highest BCUT2D eigenvalue weighted by atomic mass is 35.5. The van der Waals surface area contributed by atoms with E-state index in [1.165, 1.54) is 7.11 Å². The molecule has 0 saturated carbocycles. The summed E-state index contributed by atoms with van der Waals surface area (Å²) < 4.78 is 14.3. The molecular formula is C34H32ClN5O3S. The van der Waals surface area contributed by atoms with Crippen LogP contribution in [-0.2, 0) is 21.3 Å². The number of thiazole rings is 1. The quantitative estimate of drug-likeness (QED) is 0.172. The van der Waals surface area contributed by atoms with Gasteiger partial charge in [-0.3, -0.25) is 9.67 Å². The summed E-state index contributed by atoms with van der Waals surface area (Å²) in [5, 5.41) is 5.75. The summed E-state index contributed by atoms with van der Waals surface area (Å²) in [5.41, 5.74) is 8.85. The topological polar surface area (TPSA) is 92.0 Å². The molecule has 0 aliphatic heterocycles. The van der Waals surface area contributed by atoms with Crippen molar-refractivity contribution in [2.75, 3.05) is 7.11 Å². The lowest BCUT2D eigenvalue weighted by molar-refractivity contribution is -0.164. The smallest absolute Gasteiger partial charge is 0.339 e. The van der Waals surface area contributed by atoms with Crippen LogP contribution in [0.3, 0.4) is 0 Å². The van der Waals surface area contributed by atoms with E-state index in [0.29, 0.717) is 5.02 Å². The zero-order valence-electron chi connectivity index (χ0n) is 25.6. The molecule has 0 bridgehead atoms. The van der Waals surface area contributed by atoms with E-state index < -0.39 is 17.7 Å². The molecule has 4 aromatic heterocycles. The lowest BCUT2D eigenvalue weighted by Crippen LogP contribution is -2.29. The molecule has 44 heavy (non-hydrogen) atoms. The Bertz CT molecular complexity index is 2040. The molecule has 8 nitrogen and oxygen atoms in total. The summed E-state index contributed by atoms with van der Waals surface area (Å²) in [5.74, 6) is -0.465. The number of pyridine rings is 2. The fourth-order valence-electron chi connectivity index (χ4n) is 5.36. The van der Waals surface area contributed by atoms with Crippen LogP contribution in [0.5, 0.6) is 0 Å². The molecule has 0 aliphatic rings. The van der Waals surface area contributed by atoms with Crippen LogP contribution in [0.25, 0.3) is 54.2 Å². The molecule has 0 fully saturated rings. The van der Waals surface area contributed by atoms with Gasteiger partial charge in [-0.05, 0) is 82.1 Å². The number of esters is 1. The summed E-state index contributed by atoms with van der Waals surface area (Å²) in [6.45, 7) is 9.72. The largest absolute Gasteiger partial charge is 0.467 e. The number of aryl methyl sites for hydroxylation is 3. The molecular weight excluding hydrogens is 594 g/mol. The Kier molecular flexibility index (Phi) is 7.73. The molecule has 10 heteroatoms. The van der Waals surface area contributed by atoms with E-state index in [0.717, 1.165) is 71.0 Å². The van der Waals surface area contributed by atoms with Crippen molar-refractivity contribution >= 4 is 50.2 Å². The van der Waals surface area contributed by atoms with Gasteiger partial charge in [-0.25, -0.2) is 14.8 Å². The summed E-state index contributed by atoms with van der Waals surface area (Å²) >= 11 is 7.83. The molecule has 0 radical (unpaired) electrons. The van der Waals surface area contributed by atoms with Crippen molar-refractivity contribution in [3.63, 3.8) is 0 Å². The predicted molar refractivity (Wildman–Crippen MR) is 176 cm³/mol. The molecule has 1 unspecified atom stereocenters. The zero-order chi connectivity index (χ0) is 31.3. The van der Waals surface area contributed by atoms with Gasteiger partial charge in [0.1, 0.15) is 10.5 Å². The molecule has 0 spiro atoms. The van der Waals surface area contributed by atoms with Crippen molar-refractivity contribution in [1.29, 1.82) is 0 Å². The summed E-state index contributed by atoms with van der Waals surface area (Å²) in [6.07, 6.45) is 2.67. The highest BCUT2D eigenvalue weighted by Crippen LogP contribution is 2.45. The van der Waals surface area contributed by atoms with Gasteiger partial charge in [-0.1, -0.05) is 23.7 Å². The summed E-state index contributed by atoms with van der Waals surface area (Å²) in [6, 6.07) is 15.7. The molecule has 6 aromatic rings. The fourth-order valence-corrected chi connectivity index (χ4v) is 6.59. The number of nitrogens with zero attached hydrogens (tertiary/aromatic N) is 5. The molecule has 0 N–H and O–H groups in total. The third-order valence-corrected chi connectivity index (χ3v) is 8.81. The highest BCUT2D eigenvalue weighted by Gasteiger charge is 2.33. The summed E-state index contributed by atoms with van der Waals surface area (Å²) in [7, 11) is 3.28. The zero-order valence-corrected chi connectivity index (χ0v) is 27.2. The Morgan fingerprint density at radius 1 is 0.977 bits per heavy atom. The van der Waals surface area contributed by atoms with Crippen molar-refractivity contribution in [1.82, 2.24) is 24.7 Å². The molecule has 0 amide bonds. The highest BCUT2D eigenvalue weighted by molar-refractivity contribution is 7.22. The van der Waals surface area contributed by atoms with Crippen LogP contribution in [0, 0.1) is 13.8 Å². The van der Waals surface area contributed by atoms with E-state index in [1.807, 2.05) is 90.3 Å². The van der Waals surface area contributed by atoms with Crippen LogP contribution in [0.15, 0.2) is 60.9 Å². The van der Waals surface area contributed by atoms with Crippen LogP contribution in [0.4, 0.5) is 0 Å². The Morgan fingerprint density at radius 3 is 2.43 bits per heavy atom. The number of hydrogen-bond acceptors (Lipinski definition) is 8. The van der Waals surface area contributed by atoms with Gasteiger partial charge in [0.2, 0.25) is 0 Å². The van der Waals surface area contributed by atoms with Gasteiger partial charge in [-0.15, -0.1) is 11.3 Å². The fraction of sp³-hybridized carbons (Fsp3) is 0.265. The first-order chi connectivity index (χ1) is 20.9. The Hall–Kier alpha value is -4.18. The van der Waals surface area contributed by atoms with Crippen molar-refractivity contribution < 1.29 is 14.3 Å². The van der Waals surface area contributed by atoms with E-state index >= 15 is 0 Å². The molecule has 224 valence electrons. The second-order valence-corrected chi connectivity index (χ2v) is 13.2. The lowest BCUT2D eigenvalue weighted by Gasteiger charge is -2.28. The molecule has 2 aromatic carbocycles. The first-order valence-electron chi connectivity index (χ1n) is 14.2. The van der Waals surface area contributed by atoms with Gasteiger partial charge in [0.25, 0.3) is 0 Å². The number of halogens is 1. The van der Waals surface area contributed by atoms with Gasteiger partial charge in [0.15, 0.2) is 6.10 Å². The van der Waals surface area contributed by atoms with Crippen LogP contribution in [0.1, 0.15) is 43.7 Å². The maximum atomic E-state index is 13.2. The minimum Gasteiger partial charge on any atom is -0.467 e. The van der Waals surface area contributed by atoms with Gasteiger partial charge in [-0.2, -0.15) is 5.10 Å². The summed E-state index contributed by atoms with van der Waals surface area (Å²) in [4.78, 5) is 27.9. The molecule has 4 heterocycles. The third kappa shape index (κ3) is 5.58. The monoisotopic (exact) mass is 625 g/mol. The Balaban J connectivity index is 1.55. The van der Waals surface area contributed by atoms with Crippen LogP contribution in [-0.4, -0.2) is 43.4 Å². The number of carbonyl (C=O) groups is 1. The van der Waals surface area contributed by atoms with Crippen LogP contribution >= 0.6 is 22.9 Å². The number of fused-ring (bicyclic) bond motifs is 2. The van der Waals surface area contributed by atoms with Crippen LogP contribution in [0.2, 0.25) is 5.02 Å². The van der Waals surface area contributed by atoms with E-state index in [1.54, 1.807) is 22.2 Å². The Morgan fingerprint density at radius 2 is 1.73 bits per heavy atom. The van der Waals surface area contributed by atoms with E-state index in [-0.39, 0.29) is 0 Å². The minimum atomic E-state index is -0.943. The lowest BCUT2D eigenvalue weighted by atomic mass is 9.91. The minimum absolute atomic E-state index is 0.465. The standard InChI is InChI=1S/C34H32ClN5O3S/c1-18-14-25-31(29(20-8-10-22(35)11-9-20)28(18)30(33(41)42-7)43-34(3,4)5)44-32(39-25)21-15-23(19(2)36-16-21)24-12-13-27-26(38-24)17-37-40(27)6/h8-17,30H,1-7H3. The number of methoxy groups -OCH3 is 1. The average Bonchev–Trinajstić information content (AvgIpc) is 3.58. The van der Waals surface area contributed by atoms with Gasteiger partial charge in [0, 0.05) is 46.2 Å². The first kappa shape index (κ1) is 29.9. The molecule has 0 saturated heterocycles. The van der Waals surface area contributed by atoms with Gasteiger partial charge >= 0.3 is 5.97 Å². The number of aromatic nitrogens is 5. The molecule has 1 atom stereocenters. The van der Waals surface area contributed by atoms with Gasteiger partial charge in [0.05, 0.1) is 40.3 Å². The number of hydrogen-bond donors (Lipinski definition) is 0.